The Bertz CT molecular complexity index is 514. The molecule has 1 aromatic rings. The number of rotatable bonds is 5. The molecule has 0 atom stereocenters. The van der Waals surface area contributed by atoms with Crippen molar-refractivity contribution in [2.24, 2.45) is 0 Å². The van der Waals surface area contributed by atoms with Crippen molar-refractivity contribution in [2.45, 2.75) is 4.90 Å². The summed E-state index contributed by atoms with van der Waals surface area (Å²) in [6, 6.07) is 5.98. The van der Waals surface area contributed by atoms with Crippen molar-refractivity contribution < 1.29 is 13.2 Å². The molecule has 0 radical (unpaired) electrons. The molecule has 0 unspecified atom stereocenters. The second kappa shape index (κ2) is 7.47. The third-order valence-electron chi connectivity index (χ3n) is 2.57. The molecule has 0 aliphatic heterocycles. The van der Waals surface area contributed by atoms with E-state index in [2.05, 4.69) is 5.32 Å². The van der Waals surface area contributed by atoms with E-state index in [0.717, 1.165) is 6.26 Å². The Hall–Kier alpha value is -1.11. The largest absolute Gasteiger partial charge is 0.340 e. The van der Waals surface area contributed by atoms with Gasteiger partial charge >= 0.3 is 0 Å². The van der Waals surface area contributed by atoms with E-state index in [1.54, 1.807) is 11.9 Å². The summed E-state index contributed by atoms with van der Waals surface area (Å²) in [5.74, 6) is -0.120. The molecule has 0 aliphatic rings. The normalized spacial score (nSPS) is 10.7. The van der Waals surface area contributed by atoms with E-state index in [-0.39, 0.29) is 23.2 Å². The topological polar surface area (TPSA) is 66.5 Å². The van der Waals surface area contributed by atoms with Gasteiger partial charge in [-0.2, -0.15) is 0 Å². The first kappa shape index (κ1) is 17.9. The molecular formula is C12H19ClN2O3S. The fraction of sp³-hybridized carbons (Fsp3) is 0.417. The summed E-state index contributed by atoms with van der Waals surface area (Å²) in [4.78, 5) is 13.8. The van der Waals surface area contributed by atoms with Gasteiger partial charge in [-0.15, -0.1) is 12.4 Å². The van der Waals surface area contributed by atoms with Crippen LogP contribution in [0.25, 0.3) is 0 Å². The van der Waals surface area contributed by atoms with Crippen molar-refractivity contribution in [3.8, 4) is 0 Å². The fourth-order valence-corrected chi connectivity index (χ4v) is 2.08. The van der Waals surface area contributed by atoms with E-state index in [0.29, 0.717) is 18.7 Å². The Morgan fingerprint density at radius 3 is 2.21 bits per heavy atom. The van der Waals surface area contributed by atoms with Gasteiger partial charge in [-0.05, 0) is 31.3 Å². The lowest BCUT2D eigenvalue weighted by molar-refractivity contribution is 0.0797. The molecule has 19 heavy (non-hydrogen) atoms. The standard InChI is InChI=1S/C12H18N2O3S.ClH/c1-13-8-9-14(2)12(15)10-4-6-11(7-5-10)18(3,16)17;/h4-7,13H,8-9H2,1-3H3;1H. The van der Waals surface area contributed by atoms with E-state index in [9.17, 15) is 13.2 Å². The predicted molar refractivity (Wildman–Crippen MR) is 77.7 cm³/mol. The zero-order chi connectivity index (χ0) is 13.8. The lowest BCUT2D eigenvalue weighted by atomic mass is 10.2. The Morgan fingerprint density at radius 1 is 1.26 bits per heavy atom. The number of likely N-dealkylation sites (N-methyl/N-ethyl adjacent to an activating group) is 2. The lowest BCUT2D eigenvalue weighted by Gasteiger charge is -2.16. The van der Waals surface area contributed by atoms with Crippen molar-refractivity contribution in [1.82, 2.24) is 10.2 Å². The van der Waals surface area contributed by atoms with E-state index in [4.69, 9.17) is 0 Å². The minimum absolute atomic E-state index is 0. The zero-order valence-electron chi connectivity index (χ0n) is 11.2. The van der Waals surface area contributed by atoms with Gasteiger partial charge in [-0.1, -0.05) is 0 Å². The molecule has 1 rings (SSSR count). The van der Waals surface area contributed by atoms with Gasteiger partial charge in [-0.3, -0.25) is 4.79 Å². The van der Waals surface area contributed by atoms with Gasteiger partial charge in [0.2, 0.25) is 0 Å². The first-order valence-corrected chi connectivity index (χ1v) is 7.45. The predicted octanol–water partition coefficient (Wildman–Crippen LogP) is 0.803. The number of benzene rings is 1. The van der Waals surface area contributed by atoms with Crippen molar-refractivity contribution in [3.05, 3.63) is 29.8 Å². The Kier molecular flexibility index (Phi) is 7.04. The number of nitrogens with zero attached hydrogens (tertiary/aromatic N) is 1. The van der Waals surface area contributed by atoms with E-state index < -0.39 is 9.84 Å². The van der Waals surface area contributed by atoms with Crippen LogP contribution in [0, 0.1) is 0 Å². The molecule has 0 saturated carbocycles. The second-order valence-electron chi connectivity index (χ2n) is 4.13. The quantitative estimate of drug-likeness (QED) is 0.874. The average Bonchev–Trinajstić information content (AvgIpc) is 2.34. The van der Waals surface area contributed by atoms with Gasteiger partial charge in [-0.25, -0.2) is 8.42 Å². The van der Waals surface area contributed by atoms with E-state index >= 15 is 0 Å². The molecule has 1 aromatic carbocycles. The number of nitrogens with one attached hydrogen (secondary N) is 1. The highest BCUT2D eigenvalue weighted by atomic mass is 35.5. The lowest BCUT2D eigenvalue weighted by Crippen LogP contribution is -2.32. The number of hydrogen-bond donors (Lipinski definition) is 1. The van der Waals surface area contributed by atoms with Gasteiger partial charge in [0, 0.05) is 32.0 Å². The van der Waals surface area contributed by atoms with Gasteiger partial charge in [0.25, 0.3) is 5.91 Å². The van der Waals surface area contributed by atoms with Gasteiger partial charge < -0.3 is 10.2 Å². The van der Waals surface area contributed by atoms with Crippen LogP contribution in [0.15, 0.2) is 29.2 Å². The first-order valence-electron chi connectivity index (χ1n) is 5.56. The van der Waals surface area contributed by atoms with Crippen molar-refractivity contribution in [3.63, 3.8) is 0 Å². The van der Waals surface area contributed by atoms with Crippen LogP contribution in [-0.2, 0) is 9.84 Å². The highest BCUT2D eigenvalue weighted by Crippen LogP contribution is 2.11. The van der Waals surface area contributed by atoms with Crippen LogP contribution in [0.2, 0.25) is 0 Å². The summed E-state index contributed by atoms with van der Waals surface area (Å²) >= 11 is 0. The summed E-state index contributed by atoms with van der Waals surface area (Å²) in [6.07, 6.45) is 1.14. The number of halogens is 1. The van der Waals surface area contributed by atoms with Gasteiger partial charge in [0.1, 0.15) is 0 Å². The third-order valence-corrected chi connectivity index (χ3v) is 3.70. The van der Waals surface area contributed by atoms with Gasteiger partial charge in [0.15, 0.2) is 9.84 Å². The van der Waals surface area contributed by atoms with E-state index in [1.165, 1.54) is 24.3 Å². The molecule has 0 spiro atoms. The van der Waals surface area contributed by atoms with Crippen molar-refractivity contribution in [1.29, 1.82) is 0 Å². The molecule has 108 valence electrons. The maximum absolute atomic E-state index is 12.0. The molecule has 0 aromatic heterocycles. The summed E-state index contributed by atoms with van der Waals surface area (Å²) in [6.45, 7) is 1.31. The summed E-state index contributed by atoms with van der Waals surface area (Å²) in [5, 5.41) is 2.96. The molecule has 0 saturated heterocycles. The highest BCUT2D eigenvalue weighted by molar-refractivity contribution is 7.90. The number of amides is 1. The van der Waals surface area contributed by atoms with Crippen LogP contribution in [-0.4, -0.2) is 52.7 Å². The monoisotopic (exact) mass is 306 g/mol. The average molecular weight is 307 g/mol. The fourth-order valence-electron chi connectivity index (χ4n) is 1.45. The van der Waals surface area contributed by atoms with E-state index in [1.807, 2.05) is 7.05 Å². The Labute approximate surface area is 120 Å². The number of hydrogen-bond acceptors (Lipinski definition) is 4. The van der Waals surface area contributed by atoms with Crippen LogP contribution in [0.1, 0.15) is 10.4 Å². The Balaban J connectivity index is 0.00000324. The molecule has 0 heterocycles. The Morgan fingerprint density at radius 2 is 1.79 bits per heavy atom. The minimum Gasteiger partial charge on any atom is -0.340 e. The van der Waals surface area contributed by atoms with Gasteiger partial charge in [0.05, 0.1) is 4.90 Å². The van der Waals surface area contributed by atoms with Crippen LogP contribution in [0.3, 0.4) is 0 Å². The SMILES string of the molecule is CNCCN(C)C(=O)c1ccc(S(C)(=O)=O)cc1.Cl. The third kappa shape index (κ3) is 5.18. The summed E-state index contributed by atoms with van der Waals surface area (Å²) in [7, 11) is 0.317. The van der Waals surface area contributed by atoms with Crippen LogP contribution in [0.5, 0.6) is 0 Å². The molecule has 7 heteroatoms. The summed E-state index contributed by atoms with van der Waals surface area (Å²) < 4.78 is 22.6. The number of carbonyl (C=O) groups is 1. The number of sulfone groups is 1. The second-order valence-corrected chi connectivity index (χ2v) is 6.14. The highest BCUT2D eigenvalue weighted by Gasteiger charge is 2.12. The molecule has 0 aliphatic carbocycles. The maximum atomic E-state index is 12.0. The van der Waals surface area contributed by atoms with Crippen LogP contribution in [0.4, 0.5) is 0 Å². The molecule has 5 nitrogen and oxygen atoms in total. The van der Waals surface area contributed by atoms with Crippen molar-refractivity contribution >= 4 is 28.2 Å². The van der Waals surface area contributed by atoms with Crippen molar-refractivity contribution in [2.75, 3.05) is 33.4 Å². The smallest absolute Gasteiger partial charge is 0.253 e. The first-order chi connectivity index (χ1) is 8.36. The molecule has 1 N–H and O–H groups in total. The van der Waals surface area contributed by atoms with Crippen LogP contribution < -0.4 is 5.32 Å². The summed E-state index contributed by atoms with van der Waals surface area (Å²) in [5.41, 5.74) is 0.487. The molecule has 0 bridgehead atoms. The number of carbonyl (C=O) groups excluding carboxylic acids is 1. The minimum atomic E-state index is -3.21. The molecule has 0 fully saturated rings. The maximum Gasteiger partial charge on any atom is 0.253 e. The van der Waals surface area contributed by atoms with Crippen LogP contribution >= 0.6 is 12.4 Å². The molecule has 1 amide bonds. The molecular weight excluding hydrogens is 288 g/mol. The zero-order valence-corrected chi connectivity index (χ0v) is 12.8.